The van der Waals surface area contributed by atoms with Crippen molar-refractivity contribution in [3.05, 3.63) is 48.2 Å². The van der Waals surface area contributed by atoms with Crippen LogP contribution in [0, 0.1) is 0 Å². The molecule has 2 N–H and O–H groups in total. The predicted octanol–water partition coefficient (Wildman–Crippen LogP) is 2.12. The maximum Gasteiger partial charge on any atom is 0.339 e. The van der Waals surface area contributed by atoms with Crippen LogP contribution < -0.4 is 5.73 Å². The standard InChI is InChI=1S/C13H12N2O2/c1-17-13(16)10-8-9(5-6-11(10)14)12-4-2-3-7-15-12/h2-8H,14H2,1H3. The number of aromatic nitrogens is 1. The molecule has 0 aliphatic rings. The van der Waals surface area contributed by atoms with Gasteiger partial charge < -0.3 is 10.5 Å². The smallest absolute Gasteiger partial charge is 0.339 e. The summed E-state index contributed by atoms with van der Waals surface area (Å²) in [5.41, 5.74) is 8.10. The van der Waals surface area contributed by atoms with E-state index < -0.39 is 5.97 Å². The number of carbonyl (C=O) groups is 1. The third-order valence-electron chi connectivity index (χ3n) is 2.42. The van der Waals surface area contributed by atoms with Crippen LogP contribution in [0.25, 0.3) is 11.3 Å². The summed E-state index contributed by atoms with van der Waals surface area (Å²) in [6.07, 6.45) is 1.70. The van der Waals surface area contributed by atoms with Crippen molar-refractivity contribution in [2.75, 3.05) is 12.8 Å². The summed E-state index contributed by atoms with van der Waals surface area (Å²) in [4.78, 5) is 15.7. The molecule has 2 rings (SSSR count). The van der Waals surface area contributed by atoms with Gasteiger partial charge in [0.25, 0.3) is 0 Å². The van der Waals surface area contributed by atoms with Crippen LogP contribution in [0.5, 0.6) is 0 Å². The minimum absolute atomic E-state index is 0.357. The number of anilines is 1. The zero-order valence-corrected chi connectivity index (χ0v) is 9.38. The van der Waals surface area contributed by atoms with Crippen LogP contribution in [0.1, 0.15) is 10.4 Å². The number of carbonyl (C=O) groups excluding carboxylic acids is 1. The third kappa shape index (κ3) is 2.25. The Kier molecular flexibility index (Phi) is 3.05. The van der Waals surface area contributed by atoms with E-state index in [0.717, 1.165) is 11.3 Å². The highest BCUT2D eigenvalue weighted by Gasteiger charge is 2.11. The van der Waals surface area contributed by atoms with Crippen molar-refractivity contribution in [3.63, 3.8) is 0 Å². The molecule has 0 saturated carbocycles. The number of nitrogen functional groups attached to an aromatic ring is 1. The lowest BCUT2D eigenvalue weighted by Gasteiger charge is -2.06. The third-order valence-corrected chi connectivity index (χ3v) is 2.42. The molecule has 1 aromatic heterocycles. The number of nitrogens with two attached hydrogens (primary N) is 1. The van der Waals surface area contributed by atoms with Crippen LogP contribution >= 0.6 is 0 Å². The second kappa shape index (κ2) is 4.65. The number of rotatable bonds is 2. The lowest BCUT2D eigenvalue weighted by molar-refractivity contribution is 0.0602. The highest BCUT2D eigenvalue weighted by Crippen LogP contribution is 2.22. The Morgan fingerprint density at radius 3 is 2.76 bits per heavy atom. The number of hydrogen-bond donors (Lipinski definition) is 1. The maximum absolute atomic E-state index is 11.5. The quantitative estimate of drug-likeness (QED) is 0.631. The molecule has 0 spiro atoms. The van der Waals surface area contributed by atoms with E-state index in [2.05, 4.69) is 9.72 Å². The number of esters is 1. The molecular formula is C13H12N2O2. The van der Waals surface area contributed by atoms with E-state index in [4.69, 9.17) is 5.73 Å². The van der Waals surface area contributed by atoms with Gasteiger partial charge in [0, 0.05) is 17.4 Å². The molecule has 0 aliphatic heterocycles. The van der Waals surface area contributed by atoms with Crippen LogP contribution in [0.2, 0.25) is 0 Å². The van der Waals surface area contributed by atoms with E-state index in [0.29, 0.717) is 11.3 Å². The number of hydrogen-bond acceptors (Lipinski definition) is 4. The van der Waals surface area contributed by atoms with E-state index in [1.807, 2.05) is 24.3 Å². The summed E-state index contributed by atoms with van der Waals surface area (Å²) in [7, 11) is 1.33. The molecule has 0 aliphatic carbocycles. The first-order valence-electron chi connectivity index (χ1n) is 5.11. The largest absolute Gasteiger partial charge is 0.465 e. The van der Waals surface area contributed by atoms with Gasteiger partial charge in [-0.2, -0.15) is 0 Å². The Morgan fingerprint density at radius 2 is 2.12 bits per heavy atom. The molecule has 2 aromatic rings. The molecular weight excluding hydrogens is 216 g/mol. The first-order chi connectivity index (χ1) is 8.22. The number of methoxy groups -OCH3 is 1. The van der Waals surface area contributed by atoms with Gasteiger partial charge in [-0.1, -0.05) is 12.1 Å². The number of ether oxygens (including phenoxy) is 1. The van der Waals surface area contributed by atoms with E-state index in [-0.39, 0.29) is 0 Å². The molecule has 0 unspecified atom stereocenters. The van der Waals surface area contributed by atoms with E-state index in [1.54, 1.807) is 18.3 Å². The second-order valence-corrected chi connectivity index (χ2v) is 3.51. The average molecular weight is 228 g/mol. The highest BCUT2D eigenvalue weighted by atomic mass is 16.5. The Hall–Kier alpha value is -2.36. The maximum atomic E-state index is 11.5. The monoisotopic (exact) mass is 228 g/mol. The Morgan fingerprint density at radius 1 is 1.29 bits per heavy atom. The summed E-state index contributed by atoms with van der Waals surface area (Å²) in [5, 5.41) is 0. The van der Waals surface area contributed by atoms with Crippen LogP contribution in [0.4, 0.5) is 5.69 Å². The van der Waals surface area contributed by atoms with Crippen LogP contribution in [0.3, 0.4) is 0 Å². The van der Waals surface area contributed by atoms with Crippen molar-refractivity contribution in [2.45, 2.75) is 0 Å². The fraction of sp³-hybridized carbons (Fsp3) is 0.0769. The highest BCUT2D eigenvalue weighted by molar-refractivity contribution is 5.96. The molecule has 0 saturated heterocycles. The Labute approximate surface area is 99.1 Å². The molecule has 0 atom stereocenters. The second-order valence-electron chi connectivity index (χ2n) is 3.51. The lowest BCUT2D eigenvalue weighted by atomic mass is 10.1. The minimum atomic E-state index is -0.444. The molecule has 1 aromatic carbocycles. The van der Waals surface area contributed by atoms with Crippen LogP contribution in [0.15, 0.2) is 42.6 Å². The van der Waals surface area contributed by atoms with Gasteiger partial charge >= 0.3 is 5.97 Å². The zero-order chi connectivity index (χ0) is 12.3. The van der Waals surface area contributed by atoms with E-state index in [1.165, 1.54) is 7.11 Å². The topological polar surface area (TPSA) is 65.2 Å². The SMILES string of the molecule is COC(=O)c1cc(-c2ccccn2)ccc1N. The summed E-state index contributed by atoms with van der Waals surface area (Å²) < 4.78 is 4.67. The summed E-state index contributed by atoms with van der Waals surface area (Å²) in [6, 6.07) is 10.8. The lowest BCUT2D eigenvalue weighted by Crippen LogP contribution is -2.05. The fourth-order valence-electron chi connectivity index (χ4n) is 1.54. The Bertz CT molecular complexity index is 538. The molecule has 17 heavy (non-hydrogen) atoms. The molecule has 4 nitrogen and oxygen atoms in total. The van der Waals surface area contributed by atoms with Gasteiger partial charge in [-0.05, 0) is 24.3 Å². The van der Waals surface area contributed by atoms with Crippen molar-refractivity contribution in [2.24, 2.45) is 0 Å². The molecule has 0 radical (unpaired) electrons. The Balaban J connectivity index is 2.48. The van der Waals surface area contributed by atoms with E-state index in [9.17, 15) is 4.79 Å². The molecule has 0 amide bonds. The molecule has 86 valence electrons. The van der Waals surface area contributed by atoms with Gasteiger partial charge in [0.1, 0.15) is 0 Å². The number of pyridine rings is 1. The summed E-state index contributed by atoms with van der Waals surface area (Å²) >= 11 is 0. The summed E-state index contributed by atoms with van der Waals surface area (Å²) in [6.45, 7) is 0. The van der Waals surface area contributed by atoms with Crippen molar-refractivity contribution in [1.29, 1.82) is 0 Å². The van der Waals surface area contributed by atoms with Crippen molar-refractivity contribution in [3.8, 4) is 11.3 Å². The van der Waals surface area contributed by atoms with Crippen molar-refractivity contribution in [1.82, 2.24) is 4.98 Å². The van der Waals surface area contributed by atoms with Gasteiger partial charge in [0.2, 0.25) is 0 Å². The number of nitrogens with zero attached hydrogens (tertiary/aromatic N) is 1. The van der Waals surface area contributed by atoms with Crippen molar-refractivity contribution < 1.29 is 9.53 Å². The van der Waals surface area contributed by atoms with Gasteiger partial charge in [-0.3, -0.25) is 4.98 Å². The van der Waals surface area contributed by atoms with Crippen LogP contribution in [-0.4, -0.2) is 18.1 Å². The van der Waals surface area contributed by atoms with Gasteiger partial charge in [0.15, 0.2) is 0 Å². The predicted molar refractivity (Wildman–Crippen MR) is 65.4 cm³/mol. The summed E-state index contributed by atoms with van der Waals surface area (Å²) in [5.74, 6) is -0.444. The zero-order valence-electron chi connectivity index (χ0n) is 9.38. The fourth-order valence-corrected chi connectivity index (χ4v) is 1.54. The first kappa shape index (κ1) is 11.1. The molecule has 4 heteroatoms. The molecule has 0 fully saturated rings. The molecule has 0 bridgehead atoms. The average Bonchev–Trinajstić information content (AvgIpc) is 2.39. The van der Waals surface area contributed by atoms with Gasteiger partial charge in [-0.25, -0.2) is 4.79 Å². The first-order valence-corrected chi connectivity index (χ1v) is 5.11. The minimum Gasteiger partial charge on any atom is -0.465 e. The van der Waals surface area contributed by atoms with Crippen LogP contribution in [-0.2, 0) is 4.74 Å². The normalized spacial score (nSPS) is 9.94. The van der Waals surface area contributed by atoms with Gasteiger partial charge in [0.05, 0.1) is 18.4 Å². The number of benzene rings is 1. The van der Waals surface area contributed by atoms with Gasteiger partial charge in [-0.15, -0.1) is 0 Å². The molecule has 1 heterocycles. The van der Waals surface area contributed by atoms with E-state index >= 15 is 0 Å². The van der Waals surface area contributed by atoms with Crippen molar-refractivity contribution >= 4 is 11.7 Å².